The SMILES string of the molecule is Cc1ccc(-c2cccc(CN3CC[C@H](N4CCOCC4)[C@@H](O)C3)c2)o1. The standard InChI is InChI=1S/C21H28N2O3/c1-16-5-6-21(26-16)18-4-2-3-17(13-18)14-22-8-7-19(20(24)15-22)23-9-11-25-12-10-23/h2-6,13,19-20,24H,7-12,14-15H2,1H3/t19-,20-/m0/s1. The van der Waals surface area contributed by atoms with Crippen LogP contribution >= 0.6 is 0 Å². The van der Waals surface area contributed by atoms with E-state index >= 15 is 0 Å². The molecule has 1 N–H and O–H groups in total. The molecule has 4 rings (SSSR count). The second-order valence-electron chi connectivity index (χ2n) is 7.42. The largest absolute Gasteiger partial charge is 0.461 e. The number of aryl methyl sites for hydroxylation is 1. The second kappa shape index (κ2) is 7.92. The van der Waals surface area contributed by atoms with Crippen molar-refractivity contribution in [3.8, 4) is 11.3 Å². The number of ether oxygens (including phenoxy) is 1. The Kier molecular flexibility index (Phi) is 5.41. The normalized spacial score (nSPS) is 25.5. The summed E-state index contributed by atoms with van der Waals surface area (Å²) in [5, 5.41) is 10.7. The Balaban J connectivity index is 1.38. The zero-order valence-corrected chi connectivity index (χ0v) is 15.4. The summed E-state index contributed by atoms with van der Waals surface area (Å²) in [5.41, 5.74) is 2.37. The fourth-order valence-corrected chi connectivity index (χ4v) is 4.13. The number of morpholine rings is 1. The van der Waals surface area contributed by atoms with Gasteiger partial charge in [0.1, 0.15) is 11.5 Å². The molecule has 0 aliphatic carbocycles. The maximum absolute atomic E-state index is 10.7. The van der Waals surface area contributed by atoms with Crippen LogP contribution in [0.15, 0.2) is 40.8 Å². The Bertz CT molecular complexity index is 724. The molecule has 2 atom stereocenters. The van der Waals surface area contributed by atoms with Gasteiger partial charge in [-0.2, -0.15) is 0 Å². The minimum absolute atomic E-state index is 0.271. The smallest absolute Gasteiger partial charge is 0.134 e. The number of β-amino-alcohol motifs (C(OH)–C–C–N with tert-alkyl or cyclic N) is 1. The lowest BCUT2D eigenvalue weighted by atomic mass is 9.98. The van der Waals surface area contributed by atoms with Gasteiger partial charge in [0, 0.05) is 44.3 Å². The Hall–Kier alpha value is -1.66. The summed E-state index contributed by atoms with van der Waals surface area (Å²) < 4.78 is 11.2. The van der Waals surface area contributed by atoms with Crippen LogP contribution in [0.1, 0.15) is 17.7 Å². The summed E-state index contributed by atoms with van der Waals surface area (Å²) in [7, 11) is 0. The summed E-state index contributed by atoms with van der Waals surface area (Å²) in [4.78, 5) is 4.75. The lowest BCUT2D eigenvalue weighted by Gasteiger charge is -2.43. The van der Waals surface area contributed by atoms with Crippen LogP contribution in [-0.4, -0.2) is 66.4 Å². The number of nitrogens with zero attached hydrogens (tertiary/aromatic N) is 2. The fraction of sp³-hybridized carbons (Fsp3) is 0.524. The van der Waals surface area contributed by atoms with Gasteiger partial charge >= 0.3 is 0 Å². The first-order valence-corrected chi connectivity index (χ1v) is 9.57. The van der Waals surface area contributed by atoms with E-state index in [1.807, 2.05) is 19.1 Å². The highest BCUT2D eigenvalue weighted by atomic mass is 16.5. The van der Waals surface area contributed by atoms with Crippen LogP contribution in [0.2, 0.25) is 0 Å². The van der Waals surface area contributed by atoms with E-state index in [-0.39, 0.29) is 12.1 Å². The number of furan rings is 1. The van der Waals surface area contributed by atoms with E-state index in [0.29, 0.717) is 0 Å². The maximum Gasteiger partial charge on any atom is 0.134 e. The van der Waals surface area contributed by atoms with Gasteiger partial charge in [-0.25, -0.2) is 0 Å². The molecule has 5 nitrogen and oxygen atoms in total. The number of aliphatic hydroxyl groups is 1. The summed E-state index contributed by atoms with van der Waals surface area (Å²) in [5.74, 6) is 1.84. The van der Waals surface area contributed by atoms with Crippen molar-refractivity contribution in [3.63, 3.8) is 0 Å². The summed E-state index contributed by atoms with van der Waals surface area (Å²) in [6.45, 7) is 8.01. The monoisotopic (exact) mass is 356 g/mol. The first-order chi connectivity index (χ1) is 12.7. The zero-order chi connectivity index (χ0) is 17.9. The van der Waals surface area contributed by atoms with Gasteiger partial charge < -0.3 is 14.3 Å². The molecule has 0 saturated carbocycles. The van der Waals surface area contributed by atoms with Gasteiger partial charge in [0.15, 0.2) is 0 Å². The topological polar surface area (TPSA) is 49.1 Å². The van der Waals surface area contributed by atoms with Crippen molar-refractivity contribution < 1.29 is 14.3 Å². The van der Waals surface area contributed by atoms with Crippen LogP contribution in [0.5, 0.6) is 0 Å². The van der Waals surface area contributed by atoms with Crippen molar-refractivity contribution in [3.05, 3.63) is 47.7 Å². The molecular formula is C21H28N2O3. The molecule has 2 aliphatic rings. The van der Waals surface area contributed by atoms with Crippen LogP contribution in [-0.2, 0) is 11.3 Å². The third kappa shape index (κ3) is 4.01. The third-order valence-electron chi connectivity index (χ3n) is 5.50. The number of hydrogen-bond acceptors (Lipinski definition) is 5. The van der Waals surface area contributed by atoms with Gasteiger partial charge in [-0.15, -0.1) is 0 Å². The predicted molar refractivity (Wildman–Crippen MR) is 101 cm³/mol. The van der Waals surface area contributed by atoms with Gasteiger partial charge in [-0.05, 0) is 37.1 Å². The molecule has 2 aromatic rings. The van der Waals surface area contributed by atoms with Crippen LogP contribution in [0.4, 0.5) is 0 Å². The highest BCUT2D eigenvalue weighted by Gasteiger charge is 2.32. The lowest BCUT2D eigenvalue weighted by molar-refractivity contribution is -0.0534. The van der Waals surface area contributed by atoms with Crippen molar-refractivity contribution in [1.82, 2.24) is 9.80 Å². The van der Waals surface area contributed by atoms with Crippen molar-refractivity contribution >= 4 is 0 Å². The van der Waals surface area contributed by atoms with E-state index in [0.717, 1.165) is 69.4 Å². The minimum Gasteiger partial charge on any atom is -0.461 e. The molecule has 2 aliphatic heterocycles. The Morgan fingerprint density at radius 3 is 2.69 bits per heavy atom. The van der Waals surface area contributed by atoms with E-state index in [9.17, 15) is 5.11 Å². The summed E-state index contributed by atoms with van der Waals surface area (Å²) in [6, 6.07) is 12.8. The quantitative estimate of drug-likeness (QED) is 0.912. The number of hydrogen-bond donors (Lipinski definition) is 1. The molecule has 5 heteroatoms. The van der Waals surface area contributed by atoms with Crippen molar-refractivity contribution in [2.45, 2.75) is 32.0 Å². The van der Waals surface area contributed by atoms with E-state index in [2.05, 4.69) is 34.1 Å². The van der Waals surface area contributed by atoms with Crippen LogP contribution in [0.3, 0.4) is 0 Å². The molecule has 26 heavy (non-hydrogen) atoms. The zero-order valence-electron chi connectivity index (χ0n) is 15.4. The van der Waals surface area contributed by atoms with Crippen molar-refractivity contribution in [2.75, 3.05) is 39.4 Å². The average Bonchev–Trinajstić information content (AvgIpc) is 3.09. The van der Waals surface area contributed by atoms with Crippen LogP contribution < -0.4 is 0 Å². The summed E-state index contributed by atoms with van der Waals surface area (Å²) >= 11 is 0. The molecule has 1 aromatic carbocycles. The lowest BCUT2D eigenvalue weighted by Crippen LogP contribution is -2.56. The number of benzene rings is 1. The van der Waals surface area contributed by atoms with Gasteiger partial charge in [-0.3, -0.25) is 9.80 Å². The van der Waals surface area contributed by atoms with Gasteiger partial charge in [0.25, 0.3) is 0 Å². The summed E-state index contributed by atoms with van der Waals surface area (Å²) in [6.07, 6.45) is 0.718. The molecule has 0 amide bonds. The number of aliphatic hydroxyl groups excluding tert-OH is 1. The molecule has 140 valence electrons. The van der Waals surface area contributed by atoms with Crippen LogP contribution in [0.25, 0.3) is 11.3 Å². The number of rotatable bonds is 4. The third-order valence-corrected chi connectivity index (χ3v) is 5.50. The van der Waals surface area contributed by atoms with Gasteiger partial charge in [0.05, 0.1) is 19.3 Å². The molecular weight excluding hydrogens is 328 g/mol. The highest BCUT2D eigenvalue weighted by molar-refractivity contribution is 5.58. The number of piperidine rings is 1. The van der Waals surface area contributed by atoms with E-state index in [1.54, 1.807) is 0 Å². The molecule has 0 bridgehead atoms. The molecule has 1 aromatic heterocycles. The molecule has 0 radical (unpaired) electrons. The Labute approximate surface area is 155 Å². The first kappa shape index (κ1) is 17.7. The van der Waals surface area contributed by atoms with Gasteiger partial charge in [0.2, 0.25) is 0 Å². The number of likely N-dealkylation sites (tertiary alicyclic amines) is 1. The average molecular weight is 356 g/mol. The van der Waals surface area contributed by atoms with Crippen LogP contribution in [0, 0.1) is 6.92 Å². The Morgan fingerprint density at radius 1 is 1.12 bits per heavy atom. The molecule has 3 heterocycles. The predicted octanol–water partition coefficient (Wildman–Crippen LogP) is 2.52. The van der Waals surface area contributed by atoms with Crippen molar-refractivity contribution in [1.29, 1.82) is 0 Å². The van der Waals surface area contributed by atoms with E-state index in [4.69, 9.17) is 9.15 Å². The fourth-order valence-electron chi connectivity index (χ4n) is 4.13. The Morgan fingerprint density at radius 2 is 1.96 bits per heavy atom. The highest BCUT2D eigenvalue weighted by Crippen LogP contribution is 2.25. The van der Waals surface area contributed by atoms with Gasteiger partial charge in [-0.1, -0.05) is 18.2 Å². The molecule has 0 unspecified atom stereocenters. The molecule has 0 spiro atoms. The maximum atomic E-state index is 10.7. The van der Waals surface area contributed by atoms with E-state index < -0.39 is 0 Å². The van der Waals surface area contributed by atoms with Crippen molar-refractivity contribution in [2.24, 2.45) is 0 Å². The minimum atomic E-state index is -0.294. The molecule has 2 saturated heterocycles. The molecule has 2 fully saturated rings. The van der Waals surface area contributed by atoms with E-state index in [1.165, 1.54) is 5.56 Å². The second-order valence-corrected chi connectivity index (χ2v) is 7.42. The first-order valence-electron chi connectivity index (χ1n) is 9.57.